The van der Waals surface area contributed by atoms with E-state index in [0.717, 1.165) is 12.1 Å². The summed E-state index contributed by atoms with van der Waals surface area (Å²) in [6.45, 7) is 0. The number of amides is 2. The summed E-state index contributed by atoms with van der Waals surface area (Å²) in [5.74, 6) is -2.22. The van der Waals surface area contributed by atoms with Crippen LogP contribution in [0.25, 0.3) is 10.8 Å². The van der Waals surface area contributed by atoms with Crippen molar-refractivity contribution in [1.29, 1.82) is 0 Å². The van der Waals surface area contributed by atoms with Gasteiger partial charge in [0, 0.05) is 22.5 Å². The summed E-state index contributed by atoms with van der Waals surface area (Å²) in [7, 11) is -4.74. The summed E-state index contributed by atoms with van der Waals surface area (Å²) in [5, 5.41) is 11.5. The number of nitro benzene ring substituents is 1. The molecule has 0 aliphatic carbocycles. The summed E-state index contributed by atoms with van der Waals surface area (Å²) in [6, 6.07) is 10.0. The molecule has 1 heterocycles. The van der Waals surface area contributed by atoms with Crippen LogP contribution in [0.1, 0.15) is 20.7 Å². The predicted octanol–water partition coefficient (Wildman–Crippen LogP) is 3.97. The molecule has 0 N–H and O–H groups in total. The summed E-state index contributed by atoms with van der Waals surface area (Å²) in [6.07, 6.45) is 0. The number of rotatable bonds is 4. The van der Waals surface area contributed by atoms with Gasteiger partial charge in [-0.1, -0.05) is 35.3 Å². The fourth-order valence-corrected chi connectivity index (χ4v) is 4.68. The van der Waals surface area contributed by atoms with Gasteiger partial charge in [-0.3, -0.25) is 19.7 Å². The Bertz CT molecular complexity index is 1390. The van der Waals surface area contributed by atoms with Crippen LogP contribution in [0, 0.1) is 10.1 Å². The summed E-state index contributed by atoms with van der Waals surface area (Å²) in [5.41, 5.74) is -0.704. The molecule has 12 heteroatoms. The number of halogens is 2. The largest absolute Gasteiger partial charge is 0.319 e. The fraction of sp³-hybridized carbons (Fsp3) is 0. The maximum absolute atomic E-state index is 12.9. The van der Waals surface area contributed by atoms with Crippen LogP contribution >= 0.6 is 23.2 Å². The monoisotopic (exact) mass is 466 g/mol. The number of nitrogens with zero attached hydrogens (tertiary/aromatic N) is 2. The van der Waals surface area contributed by atoms with E-state index in [1.165, 1.54) is 36.4 Å². The predicted molar refractivity (Wildman–Crippen MR) is 106 cm³/mol. The third-order valence-electron chi connectivity index (χ3n) is 4.34. The highest BCUT2D eigenvalue weighted by atomic mass is 35.5. The first-order chi connectivity index (χ1) is 14.1. The molecule has 3 aromatic rings. The average molecular weight is 467 g/mol. The van der Waals surface area contributed by atoms with Crippen LogP contribution in [0.15, 0.2) is 53.4 Å². The third kappa shape index (κ3) is 3.19. The minimum absolute atomic E-state index is 0.0311. The molecule has 152 valence electrons. The van der Waals surface area contributed by atoms with Crippen molar-refractivity contribution in [3.05, 3.63) is 79.8 Å². The van der Waals surface area contributed by atoms with Gasteiger partial charge in [-0.25, -0.2) is 0 Å². The lowest BCUT2D eigenvalue weighted by Gasteiger charge is -2.25. The summed E-state index contributed by atoms with van der Waals surface area (Å²) >= 11 is 11.7. The highest BCUT2D eigenvalue weighted by Crippen LogP contribution is 2.35. The van der Waals surface area contributed by atoms with E-state index in [1.807, 2.05) is 0 Å². The van der Waals surface area contributed by atoms with Crippen molar-refractivity contribution in [2.75, 3.05) is 0 Å². The Morgan fingerprint density at radius 3 is 2.37 bits per heavy atom. The van der Waals surface area contributed by atoms with E-state index in [0.29, 0.717) is 0 Å². The van der Waals surface area contributed by atoms with Gasteiger partial charge in [0.15, 0.2) is 0 Å². The number of imide groups is 1. The van der Waals surface area contributed by atoms with E-state index in [-0.39, 0.29) is 37.0 Å². The quantitative estimate of drug-likeness (QED) is 0.323. The molecule has 3 aromatic carbocycles. The average Bonchev–Trinajstić information content (AvgIpc) is 2.70. The normalized spacial score (nSPS) is 13.7. The molecule has 1 aliphatic rings. The van der Waals surface area contributed by atoms with E-state index in [4.69, 9.17) is 27.5 Å². The van der Waals surface area contributed by atoms with E-state index < -0.39 is 37.4 Å². The van der Waals surface area contributed by atoms with Crippen LogP contribution in [0.5, 0.6) is 0 Å². The third-order valence-corrected chi connectivity index (χ3v) is 6.24. The van der Waals surface area contributed by atoms with Crippen molar-refractivity contribution in [2.24, 2.45) is 0 Å². The van der Waals surface area contributed by atoms with E-state index in [2.05, 4.69) is 0 Å². The van der Waals surface area contributed by atoms with E-state index in [1.54, 1.807) is 0 Å². The minimum atomic E-state index is -4.74. The van der Waals surface area contributed by atoms with Crippen molar-refractivity contribution in [3.63, 3.8) is 0 Å². The fourth-order valence-electron chi connectivity index (χ4n) is 3.05. The molecule has 0 unspecified atom stereocenters. The first kappa shape index (κ1) is 20.2. The van der Waals surface area contributed by atoms with Gasteiger partial charge in [-0.05, 0) is 29.7 Å². The van der Waals surface area contributed by atoms with Crippen LogP contribution in [0.3, 0.4) is 0 Å². The van der Waals surface area contributed by atoms with Gasteiger partial charge >= 0.3 is 10.1 Å². The lowest BCUT2D eigenvalue weighted by molar-refractivity contribution is -0.384. The SMILES string of the molecule is O=C1c2cccc3cc([N+](=O)[O-])cc(c23)C(=O)N1OS(=O)(=O)c1cc(Cl)ccc1Cl. The number of carbonyl (C=O) groups excluding carboxylic acids is 2. The molecule has 0 aromatic heterocycles. The first-order valence-corrected chi connectivity index (χ1v) is 10.3. The molecule has 1 aliphatic heterocycles. The Labute approximate surface area is 178 Å². The highest BCUT2D eigenvalue weighted by Gasteiger charge is 2.39. The lowest BCUT2D eigenvalue weighted by Crippen LogP contribution is -2.41. The Balaban J connectivity index is 1.85. The molecule has 0 atom stereocenters. The van der Waals surface area contributed by atoms with Crippen LogP contribution in [0.4, 0.5) is 5.69 Å². The zero-order chi connectivity index (χ0) is 21.8. The molecule has 9 nitrogen and oxygen atoms in total. The molecule has 0 bridgehead atoms. The van der Waals surface area contributed by atoms with Crippen molar-refractivity contribution in [3.8, 4) is 0 Å². The number of carbonyl (C=O) groups is 2. The standard InChI is InChI=1S/C18H8Cl2N2O7S/c19-10-4-5-14(20)15(7-10)30(27,28)29-21-17(23)12-3-1-2-9-6-11(22(25)26)8-13(16(9)12)18(21)24/h1-8H. The van der Waals surface area contributed by atoms with E-state index in [9.17, 15) is 28.1 Å². The summed E-state index contributed by atoms with van der Waals surface area (Å²) in [4.78, 5) is 35.6. The number of benzene rings is 3. The number of non-ortho nitro benzene ring substituents is 1. The number of nitro groups is 1. The Kier molecular flexibility index (Phi) is 4.74. The van der Waals surface area contributed by atoms with Crippen LogP contribution < -0.4 is 0 Å². The lowest BCUT2D eigenvalue weighted by atomic mass is 9.94. The van der Waals surface area contributed by atoms with Gasteiger partial charge in [0.25, 0.3) is 17.5 Å². The zero-order valence-corrected chi connectivity index (χ0v) is 16.9. The van der Waals surface area contributed by atoms with Gasteiger partial charge in [0.1, 0.15) is 4.90 Å². The molecule has 4 rings (SSSR count). The Morgan fingerprint density at radius 2 is 1.67 bits per heavy atom. The molecular weight excluding hydrogens is 459 g/mol. The number of hydroxylamine groups is 2. The molecule has 0 fully saturated rings. The van der Waals surface area contributed by atoms with Crippen molar-refractivity contribution in [1.82, 2.24) is 5.06 Å². The van der Waals surface area contributed by atoms with Crippen molar-refractivity contribution in [2.45, 2.75) is 4.90 Å². The second-order valence-electron chi connectivity index (χ2n) is 6.16. The second-order valence-corrected chi connectivity index (χ2v) is 8.50. The van der Waals surface area contributed by atoms with E-state index >= 15 is 0 Å². The zero-order valence-electron chi connectivity index (χ0n) is 14.5. The van der Waals surface area contributed by atoms with Gasteiger partial charge in [-0.15, -0.1) is 9.35 Å². The smallest absolute Gasteiger partial charge is 0.266 e. The second kappa shape index (κ2) is 7.03. The maximum atomic E-state index is 12.9. The van der Waals surface area contributed by atoms with Gasteiger partial charge in [0.05, 0.1) is 21.1 Å². The van der Waals surface area contributed by atoms with Crippen LogP contribution in [-0.4, -0.2) is 30.2 Å². The minimum Gasteiger partial charge on any atom is -0.266 e. The molecule has 0 radical (unpaired) electrons. The summed E-state index contributed by atoms with van der Waals surface area (Å²) < 4.78 is 30.2. The van der Waals surface area contributed by atoms with Crippen molar-refractivity contribution < 1.29 is 27.2 Å². The molecule has 2 amide bonds. The molecular formula is C18H8Cl2N2O7S. The van der Waals surface area contributed by atoms with Crippen LogP contribution in [0.2, 0.25) is 10.0 Å². The molecule has 0 saturated heterocycles. The van der Waals surface area contributed by atoms with Crippen molar-refractivity contribution >= 4 is 61.6 Å². The maximum Gasteiger partial charge on any atom is 0.319 e. The Hall–Kier alpha value is -3.05. The van der Waals surface area contributed by atoms with Gasteiger partial charge in [0.2, 0.25) is 0 Å². The number of hydrogen-bond acceptors (Lipinski definition) is 7. The Morgan fingerprint density at radius 1 is 0.967 bits per heavy atom. The topological polar surface area (TPSA) is 124 Å². The molecule has 0 spiro atoms. The van der Waals surface area contributed by atoms with Crippen LogP contribution in [-0.2, 0) is 14.4 Å². The van der Waals surface area contributed by atoms with Gasteiger partial charge in [-0.2, -0.15) is 8.42 Å². The van der Waals surface area contributed by atoms with Gasteiger partial charge < -0.3 is 0 Å². The highest BCUT2D eigenvalue weighted by molar-refractivity contribution is 7.86. The number of hydrogen-bond donors (Lipinski definition) is 0. The molecule has 0 saturated carbocycles. The molecule has 30 heavy (non-hydrogen) atoms. The first-order valence-electron chi connectivity index (χ1n) is 8.10.